The molecule has 0 radical (unpaired) electrons. The number of hydrogen-bond acceptors (Lipinski definition) is 3. The maximum Gasteiger partial charge on any atom is 0.419 e. The van der Waals surface area contributed by atoms with Gasteiger partial charge in [0.15, 0.2) is 0 Å². The monoisotopic (exact) mass is 305 g/mol. The minimum Gasteiger partial charge on any atom is -0.268 e. The lowest BCUT2D eigenvalue weighted by atomic mass is 10.2. The summed E-state index contributed by atoms with van der Waals surface area (Å²) in [7, 11) is 0. The van der Waals surface area contributed by atoms with E-state index in [0.717, 1.165) is 10.9 Å². The Morgan fingerprint density at radius 1 is 1.40 bits per heavy atom. The van der Waals surface area contributed by atoms with E-state index in [2.05, 4.69) is 5.10 Å². The zero-order valence-electron chi connectivity index (χ0n) is 9.76. The number of nitro groups is 1. The molecule has 0 aliphatic rings. The van der Waals surface area contributed by atoms with E-state index in [4.69, 9.17) is 11.6 Å². The van der Waals surface area contributed by atoms with Crippen LogP contribution in [0.1, 0.15) is 11.1 Å². The van der Waals surface area contributed by atoms with Gasteiger partial charge in [-0.25, -0.2) is 0 Å². The molecule has 0 spiro atoms. The Kier molecular flexibility index (Phi) is 3.67. The Hall–Kier alpha value is -2.09. The van der Waals surface area contributed by atoms with Gasteiger partial charge in [-0.05, 0) is 11.6 Å². The number of nitrogens with zero attached hydrogens (tertiary/aromatic N) is 3. The molecule has 0 saturated carbocycles. The first-order valence-electron chi connectivity index (χ1n) is 5.30. The molecular formula is C11H7ClF3N3O2. The molecule has 0 atom stereocenters. The van der Waals surface area contributed by atoms with Crippen molar-refractivity contribution in [2.75, 3.05) is 0 Å². The van der Waals surface area contributed by atoms with Gasteiger partial charge in [-0.2, -0.15) is 18.3 Å². The Morgan fingerprint density at radius 2 is 2.10 bits per heavy atom. The van der Waals surface area contributed by atoms with Crippen LogP contribution in [-0.4, -0.2) is 14.7 Å². The average molecular weight is 306 g/mol. The van der Waals surface area contributed by atoms with Crippen molar-refractivity contribution in [3.05, 3.63) is 56.9 Å². The van der Waals surface area contributed by atoms with Crippen molar-refractivity contribution >= 4 is 17.3 Å². The Labute approximate surface area is 115 Å². The number of nitro benzene ring substituents is 1. The summed E-state index contributed by atoms with van der Waals surface area (Å²) < 4.78 is 38.3. The number of halogens is 4. The summed E-state index contributed by atoms with van der Waals surface area (Å²) in [6.07, 6.45) is -2.94. The van der Waals surface area contributed by atoms with E-state index >= 15 is 0 Å². The van der Waals surface area contributed by atoms with Crippen LogP contribution in [0.5, 0.6) is 0 Å². The largest absolute Gasteiger partial charge is 0.419 e. The second kappa shape index (κ2) is 5.12. The minimum atomic E-state index is -4.47. The lowest BCUT2D eigenvalue weighted by Gasteiger charge is -2.03. The van der Waals surface area contributed by atoms with Crippen LogP contribution in [0, 0.1) is 10.1 Å². The van der Waals surface area contributed by atoms with Crippen molar-refractivity contribution in [1.82, 2.24) is 9.78 Å². The summed E-state index contributed by atoms with van der Waals surface area (Å²) in [4.78, 5) is 10.1. The van der Waals surface area contributed by atoms with E-state index in [-0.39, 0.29) is 17.3 Å². The van der Waals surface area contributed by atoms with Crippen LogP contribution in [0.25, 0.3) is 0 Å². The molecule has 0 amide bonds. The van der Waals surface area contributed by atoms with E-state index in [1.165, 1.54) is 18.2 Å². The highest BCUT2D eigenvalue weighted by molar-refractivity contribution is 6.32. The zero-order valence-corrected chi connectivity index (χ0v) is 10.5. The maximum atomic E-state index is 12.4. The van der Waals surface area contributed by atoms with Crippen LogP contribution in [0.2, 0.25) is 5.02 Å². The summed E-state index contributed by atoms with van der Waals surface area (Å²) in [6, 6.07) is 4.02. The van der Waals surface area contributed by atoms with Crippen molar-refractivity contribution in [1.29, 1.82) is 0 Å². The Balaban J connectivity index is 2.24. The third kappa shape index (κ3) is 3.08. The third-order valence-corrected chi connectivity index (χ3v) is 2.83. The van der Waals surface area contributed by atoms with Crippen molar-refractivity contribution in [3.63, 3.8) is 0 Å². The summed E-state index contributed by atoms with van der Waals surface area (Å²) in [5.74, 6) is 0. The first kappa shape index (κ1) is 14.3. The van der Waals surface area contributed by atoms with Gasteiger partial charge >= 0.3 is 6.18 Å². The third-order valence-electron chi connectivity index (χ3n) is 2.51. The number of benzene rings is 1. The van der Waals surface area contributed by atoms with Crippen LogP contribution in [0.4, 0.5) is 18.9 Å². The van der Waals surface area contributed by atoms with Crippen molar-refractivity contribution < 1.29 is 18.1 Å². The normalized spacial score (nSPS) is 11.6. The van der Waals surface area contributed by atoms with Gasteiger partial charge in [-0.15, -0.1) is 0 Å². The molecule has 0 unspecified atom stereocenters. The molecule has 9 heteroatoms. The number of aromatic nitrogens is 2. The van der Waals surface area contributed by atoms with E-state index in [0.29, 0.717) is 11.8 Å². The minimum absolute atomic E-state index is 0.0198. The van der Waals surface area contributed by atoms with Gasteiger partial charge in [0.1, 0.15) is 5.02 Å². The molecule has 0 aliphatic carbocycles. The molecule has 2 rings (SSSR count). The van der Waals surface area contributed by atoms with E-state index < -0.39 is 16.7 Å². The zero-order chi connectivity index (χ0) is 14.9. The topological polar surface area (TPSA) is 61.0 Å². The molecule has 0 bridgehead atoms. The fourth-order valence-corrected chi connectivity index (χ4v) is 1.77. The molecule has 1 heterocycles. The molecule has 1 aromatic carbocycles. The van der Waals surface area contributed by atoms with Gasteiger partial charge in [0.2, 0.25) is 0 Å². The number of hydrogen-bond donors (Lipinski definition) is 0. The highest BCUT2D eigenvalue weighted by Crippen LogP contribution is 2.29. The lowest BCUT2D eigenvalue weighted by molar-refractivity contribution is -0.384. The SMILES string of the molecule is O=[N+]([O-])c1cc(Cn2cc(C(F)(F)F)cn2)ccc1Cl. The summed E-state index contributed by atoms with van der Waals surface area (Å²) in [5, 5.41) is 14.2. The summed E-state index contributed by atoms with van der Waals surface area (Å²) in [6.45, 7) is -0.0198. The van der Waals surface area contributed by atoms with Crippen LogP contribution < -0.4 is 0 Å². The standard InChI is InChI=1S/C11H7ClF3N3O2/c12-9-2-1-7(3-10(9)18(19)20)5-17-6-8(4-16-17)11(13,14)15/h1-4,6H,5H2. The molecule has 106 valence electrons. The smallest absolute Gasteiger partial charge is 0.268 e. The average Bonchev–Trinajstić information content (AvgIpc) is 2.79. The van der Waals surface area contributed by atoms with Crippen molar-refractivity contribution in [2.24, 2.45) is 0 Å². The first-order valence-corrected chi connectivity index (χ1v) is 5.67. The number of rotatable bonds is 3. The molecule has 0 N–H and O–H groups in total. The van der Waals surface area contributed by atoms with E-state index in [1.807, 2.05) is 0 Å². The highest BCUT2D eigenvalue weighted by atomic mass is 35.5. The molecule has 20 heavy (non-hydrogen) atoms. The molecule has 0 fully saturated rings. The molecule has 2 aromatic rings. The van der Waals surface area contributed by atoms with Gasteiger partial charge in [0.25, 0.3) is 5.69 Å². The highest BCUT2D eigenvalue weighted by Gasteiger charge is 2.32. The second-order valence-electron chi connectivity index (χ2n) is 3.97. The number of alkyl halides is 3. The molecular weight excluding hydrogens is 299 g/mol. The molecule has 0 aliphatic heterocycles. The predicted molar refractivity (Wildman–Crippen MR) is 64.4 cm³/mol. The first-order chi connectivity index (χ1) is 9.27. The second-order valence-corrected chi connectivity index (χ2v) is 4.37. The summed E-state index contributed by atoms with van der Waals surface area (Å²) >= 11 is 5.65. The van der Waals surface area contributed by atoms with Gasteiger partial charge in [0, 0.05) is 12.3 Å². The van der Waals surface area contributed by atoms with Crippen molar-refractivity contribution in [2.45, 2.75) is 12.7 Å². The summed E-state index contributed by atoms with van der Waals surface area (Å²) in [5.41, 5.74) is -0.744. The van der Waals surface area contributed by atoms with Gasteiger partial charge < -0.3 is 0 Å². The van der Waals surface area contributed by atoms with E-state index in [9.17, 15) is 23.3 Å². The Bertz CT molecular complexity index is 655. The van der Waals surface area contributed by atoms with E-state index in [1.54, 1.807) is 0 Å². The lowest BCUT2D eigenvalue weighted by Crippen LogP contribution is -2.04. The maximum absolute atomic E-state index is 12.4. The Morgan fingerprint density at radius 3 is 2.65 bits per heavy atom. The van der Waals surface area contributed by atoms with Crippen LogP contribution in [-0.2, 0) is 12.7 Å². The van der Waals surface area contributed by atoms with Gasteiger partial charge in [0.05, 0.1) is 23.2 Å². The van der Waals surface area contributed by atoms with Crippen LogP contribution >= 0.6 is 11.6 Å². The van der Waals surface area contributed by atoms with Crippen LogP contribution in [0.3, 0.4) is 0 Å². The van der Waals surface area contributed by atoms with Gasteiger partial charge in [-0.1, -0.05) is 17.7 Å². The van der Waals surface area contributed by atoms with Crippen LogP contribution in [0.15, 0.2) is 30.6 Å². The quantitative estimate of drug-likeness (QED) is 0.644. The fourth-order valence-electron chi connectivity index (χ4n) is 1.58. The molecule has 5 nitrogen and oxygen atoms in total. The molecule has 0 saturated heterocycles. The molecule has 1 aromatic heterocycles. The van der Waals surface area contributed by atoms with Crippen molar-refractivity contribution in [3.8, 4) is 0 Å². The van der Waals surface area contributed by atoms with Gasteiger partial charge in [-0.3, -0.25) is 14.8 Å². The predicted octanol–water partition coefficient (Wildman–Crippen LogP) is 3.51. The fraction of sp³-hybridized carbons (Fsp3) is 0.182.